The van der Waals surface area contributed by atoms with Gasteiger partial charge in [-0.05, 0) is 19.9 Å². The van der Waals surface area contributed by atoms with E-state index in [0.717, 1.165) is 6.92 Å². The summed E-state index contributed by atoms with van der Waals surface area (Å²) < 4.78 is 163. The molecule has 0 aromatic rings. The Kier molecular flexibility index (Phi) is 12.2. The van der Waals surface area contributed by atoms with E-state index < -0.39 is 71.2 Å². The highest BCUT2D eigenvalue weighted by atomic mass is 28.4. The Balaban J connectivity index is 5.28. The Hall–Kier alpha value is -1.24. The van der Waals surface area contributed by atoms with Gasteiger partial charge in [-0.25, -0.2) is 8.78 Å². The first-order valence-electron chi connectivity index (χ1n) is 9.39. The molecule has 0 aromatic carbocycles. The third kappa shape index (κ3) is 10.6. The molecule has 0 aliphatic heterocycles. The van der Waals surface area contributed by atoms with E-state index in [9.17, 15) is 53.1 Å². The van der Waals surface area contributed by atoms with E-state index in [4.69, 9.17) is 8.85 Å². The highest BCUT2D eigenvalue weighted by Crippen LogP contribution is 2.47. The third-order valence-corrected chi connectivity index (χ3v) is 6.86. The number of hydrogen-bond acceptors (Lipinski definition) is 6. The van der Waals surface area contributed by atoms with Crippen LogP contribution in [0.25, 0.3) is 0 Å². The second-order valence-corrected chi connectivity index (χ2v) is 10.1. The van der Waals surface area contributed by atoms with Crippen LogP contribution in [0.3, 0.4) is 0 Å². The molecule has 0 saturated carbocycles. The van der Waals surface area contributed by atoms with Gasteiger partial charge in [-0.1, -0.05) is 0 Å². The Morgan fingerprint density at radius 2 is 1.53 bits per heavy atom. The molecule has 0 radical (unpaired) electrons. The van der Waals surface area contributed by atoms with Gasteiger partial charge in [-0.3, -0.25) is 4.79 Å². The molecule has 4 unspecified atom stereocenters. The molecule has 0 bridgehead atoms. The highest BCUT2D eigenvalue weighted by Gasteiger charge is 2.70. The summed E-state index contributed by atoms with van der Waals surface area (Å²) in [6, 6.07) is -0.0309. The first kappa shape index (κ1) is 32.8. The van der Waals surface area contributed by atoms with Gasteiger partial charge >= 0.3 is 32.9 Å². The quantitative estimate of drug-likeness (QED) is 0.127. The maximum atomic E-state index is 14.4. The monoisotopic (exact) mass is 548 g/mol. The molecule has 34 heavy (non-hydrogen) atoms. The van der Waals surface area contributed by atoms with Gasteiger partial charge < -0.3 is 23.1 Å². The fraction of sp³-hybridized carbons (Fsp3) is 0.938. The minimum Gasteiger partial charge on any atom is -0.494 e. The van der Waals surface area contributed by atoms with E-state index in [0.29, 0.717) is 0 Å². The number of carbonyl (C=O) groups excluding carboxylic acids is 1. The molecule has 0 aliphatic rings. The lowest BCUT2D eigenvalue weighted by Gasteiger charge is -2.35. The van der Waals surface area contributed by atoms with Crippen molar-refractivity contribution < 1.29 is 76.2 Å². The molecule has 4 atom stereocenters. The smallest absolute Gasteiger partial charge is 0.449 e. The second-order valence-electron chi connectivity index (χ2n) is 6.86. The van der Waals surface area contributed by atoms with Crippen LogP contribution in [-0.2, 0) is 27.9 Å². The normalized spacial score (nSPS) is 18.6. The van der Waals surface area contributed by atoms with Crippen molar-refractivity contribution in [3.63, 3.8) is 0 Å². The Labute approximate surface area is 187 Å². The van der Waals surface area contributed by atoms with Crippen LogP contribution in [-0.4, -0.2) is 71.9 Å². The molecule has 18 heteroatoms. The third-order valence-electron chi connectivity index (χ3n) is 3.98. The Bertz CT molecular complexity index is 630. The van der Waals surface area contributed by atoms with Crippen LogP contribution in [0.2, 0.25) is 12.6 Å². The van der Waals surface area contributed by atoms with Crippen molar-refractivity contribution in [1.29, 1.82) is 0 Å². The van der Waals surface area contributed by atoms with Crippen molar-refractivity contribution in [3.05, 3.63) is 0 Å². The van der Waals surface area contributed by atoms with Gasteiger partial charge in [0.25, 0.3) is 12.3 Å². The summed E-state index contributed by atoms with van der Waals surface area (Å²) >= 11 is 0. The second kappa shape index (κ2) is 12.6. The summed E-state index contributed by atoms with van der Waals surface area (Å²) in [6.07, 6.45) is -22.5. The molecule has 0 saturated heterocycles. The van der Waals surface area contributed by atoms with Gasteiger partial charge in [0.1, 0.15) is 5.92 Å². The predicted octanol–water partition coefficient (Wildman–Crippen LogP) is 5.32. The van der Waals surface area contributed by atoms with E-state index in [2.05, 4.69) is 14.2 Å². The van der Waals surface area contributed by atoms with E-state index >= 15 is 0 Å². The van der Waals surface area contributed by atoms with E-state index in [1.807, 2.05) is 0 Å². The molecule has 0 amide bonds. The zero-order valence-corrected chi connectivity index (χ0v) is 19.0. The molecule has 0 spiro atoms. The molecule has 0 heterocycles. The average Bonchev–Trinajstić information content (AvgIpc) is 2.61. The fourth-order valence-electron chi connectivity index (χ4n) is 2.52. The van der Waals surface area contributed by atoms with Crippen molar-refractivity contribution in [2.24, 2.45) is 5.92 Å². The van der Waals surface area contributed by atoms with Crippen molar-refractivity contribution in [1.82, 2.24) is 0 Å². The van der Waals surface area contributed by atoms with Crippen LogP contribution >= 0.6 is 0 Å². The van der Waals surface area contributed by atoms with Crippen molar-refractivity contribution in [2.45, 2.75) is 63.6 Å². The topological polar surface area (TPSA) is 63.2 Å². The molecule has 0 aromatic heterocycles. The van der Waals surface area contributed by atoms with Gasteiger partial charge in [-0.2, -0.15) is 39.5 Å². The van der Waals surface area contributed by atoms with Gasteiger partial charge in [0, 0.05) is 26.2 Å². The maximum Gasteiger partial charge on any atom is 0.449 e. The molecular weight excluding hydrogens is 525 g/mol. The number of halogens is 11. The maximum absolute atomic E-state index is 14.4. The summed E-state index contributed by atoms with van der Waals surface area (Å²) in [5.74, 6) is -10.4. The van der Waals surface area contributed by atoms with Gasteiger partial charge in [0.15, 0.2) is 6.79 Å². The molecule has 0 N–H and O–H groups in total. The number of rotatable bonds is 14. The predicted molar refractivity (Wildman–Crippen MR) is 92.7 cm³/mol. The standard InChI is InChI=1S/C16H23F11O6Si/c1-4-32-34(3,33-10(2)28)7-5-6-29-8-11(14(19,20)21)13(18,16(25,26)27)31-9-30-12(17)15(22,23)24/h11-12H,4-9H2,1-3H3. The Morgan fingerprint density at radius 1 is 0.971 bits per heavy atom. The molecule has 204 valence electrons. The highest BCUT2D eigenvalue weighted by molar-refractivity contribution is 6.67. The first-order chi connectivity index (χ1) is 15.2. The van der Waals surface area contributed by atoms with Crippen LogP contribution < -0.4 is 0 Å². The average molecular weight is 548 g/mol. The van der Waals surface area contributed by atoms with Crippen molar-refractivity contribution in [2.75, 3.05) is 26.6 Å². The van der Waals surface area contributed by atoms with Gasteiger partial charge in [-0.15, -0.1) is 0 Å². The number of alkyl halides is 11. The number of hydrogen-bond donors (Lipinski definition) is 0. The lowest BCUT2D eigenvalue weighted by Crippen LogP contribution is -2.57. The zero-order chi connectivity index (χ0) is 27.0. The zero-order valence-electron chi connectivity index (χ0n) is 18.0. The van der Waals surface area contributed by atoms with E-state index in [-0.39, 0.29) is 19.1 Å². The molecular formula is C16H23F11O6Si. The lowest BCUT2D eigenvalue weighted by molar-refractivity contribution is -0.412. The van der Waals surface area contributed by atoms with Crippen LogP contribution in [0.15, 0.2) is 0 Å². The van der Waals surface area contributed by atoms with Gasteiger partial charge in [0.05, 0.1) is 6.61 Å². The number of ether oxygens (including phenoxy) is 3. The van der Waals surface area contributed by atoms with Crippen LogP contribution in [0.4, 0.5) is 48.3 Å². The lowest BCUT2D eigenvalue weighted by atomic mass is 9.99. The van der Waals surface area contributed by atoms with Crippen molar-refractivity contribution in [3.8, 4) is 0 Å². The SMILES string of the molecule is CCO[Si](C)(CCCOCC(C(F)(F)F)C(F)(OCOC(F)C(F)(F)F)C(F)(F)F)OC(C)=O. The molecule has 0 aliphatic carbocycles. The molecule has 6 nitrogen and oxygen atoms in total. The van der Waals surface area contributed by atoms with Crippen LogP contribution in [0, 0.1) is 5.92 Å². The fourth-order valence-corrected chi connectivity index (χ4v) is 4.84. The number of carbonyl (C=O) groups is 1. The summed E-state index contributed by atoms with van der Waals surface area (Å²) in [5, 5.41) is 0. The summed E-state index contributed by atoms with van der Waals surface area (Å²) in [4.78, 5) is 11.1. The van der Waals surface area contributed by atoms with Crippen molar-refractivity contribution >= 4 is 14.5 Å². The Morgan fingerprint density at radius 3 is 1.94 bits per heavy atom. The minimum absolute atomic E-state index is 0.0309. The molecule has 0 fully saturated rings. The largest absolute Gasteiger partial charge is 0.494 e. The van der Waals surface area contributed by atoms with Crippen LogP contribution in [0.5, 0.6) is 0 Å². The summed E-state index contributed by atoms with van der Waals surface area (Å²) in [5.41, 5.74) is 0. The van der Waals surface area contributed by atoms with Gasteiger partial charge in [0.2, 0.25) is 0 Å². The first-order valence-corrected chi connectivity index (χ1v) is 11.9. The molecule has 0 rings (SSSR count). The minimum atomic E-state index is -6.42. The van der Waals surface area contributed by atoms with Crippen LogP contribution in [0.1, 0.15) is 20.3 Å². The van der Waals surface area contributed by atoms with E-state index in [1.165, 1.54) is 6.55 Å². The summed E-state index contributed by atoms with van der Waals surface area (Å²) in [7, 11) is -3.11. The summed E-state index contributed by atoms with van der Waals surface area (Å²) in [6.45, 7) is -0.843. The van der Waals surface area contributed by atoms with E-state index in [1.54, 1.807) is 6.92 Å².